The van der Waals surface area contributed by atoms with Crippen molar-refractivity contribution in [1.29, 1.82) is 0 Å². The first kappa shape index (κ1) is 28.6. The van der Waals surface area contributed by atoms with Crippen LogP contribution in [0.5, 0.6) is 0 Å². The predicted octanol–water partition coefficient (Wildman–Crippen LogP) is 7.83. The van der Waals surface area contributed by atoms with Gasteiger partial charge in [-0.2, -0.15) is 0 Å². The van der Waals surface area contributed by atoms with Crippen molar-refractivity contribution in [3.63, 3.8) is 0 Å². The zero-order chi connectivity index (χ0) is 27.9. The number of rotatable bonds is 7. The second-order valence-electron chi connectivity index (χ2n) is 8.70. The van der Waals surface area contributed by atoms with E-state index in [9.17, 15) is 23.2 Å². The van der Waals surface area contributed by atoms with Crippen LogP contribution < -0.4 is 10.6 Å². The highest BCUT2D eigenvalue weighted by molar-refractivity contribution is 6.53. The van der Waals surface area contributed by atoms with Gasteiger partial charge < -0.3 is 10.6 Å². The summed E-state index contributed by atoms with van der Waals surface area (Å²) in [5.41, 5.74) is 0.327. The molecule has 0 aliphatic heterocycles. The van der Waals surface area contributed by atoms with E-state index in [-0.39, 0.29) is 28.3 Å². The summed E-state index contributed by atoms with van der Waals surface area (Å²) in [5, 5.41) is 5.46. The summed E-state index contributed by atoms with van der Waals surface area (Å²) < 4.78 is 27.2. The lowest BCUT2D eigenvalue weighted by molar-refractivity contribution is -0.117. The molecule has 2 unspecified atom stereocenters. The maximum absolute atomic E-state index is 14.3. The quantitative estimate of drug-likeness (QED) is 0.209. The molecule has 38 heavy (non-hydrogen) atoms. The first-order chi connectivity index (χ1) is 17.8. The van der Waals surface area contributed by atoms with Gasteiger partial charge in [0.1, 0.15) is 21.7 Å². The molecule has 3 aromatic carbocycles. The van der Waals surface area contributed by atoms with Crippen LogP contribution in [0, 0.1) is 17.6 Å². The van der Waals surface area contributed by atoms with E-state index < -0.39 is 51.1 Å². The summed E-state index contributed by atoms with van der Waals surface area (Å²) >= 11 is 31.0. The largest absolute Gasteiger partial charge is 0.326 e. The molecule has 2 N–H and O–H groups in total. The van der Waals surface area contributed by atoms with Crippen molar-refractivity contribution in [1.82, 2.24) is 0 Å². The van der Waals surface area contributed by atoms with Crippen LogP contribution in [0.2, 0.25) is 15.1 Å². The fraction of sp³-hybridized carbons (Fsp3) is 0.192. The average Bonchev–Trinajstić information content (AvgIpc) is 3.41. The topological polar surface area (TPSA) is 75.3 Å². The van der Waals surface area contributed by atoms with E-state index in [0.717, 1.165) is 19.1 Å². The van der Waals surface area contributed by atoms with E-state index >= 15 is 0 Å². The number of nitrogens with one attached hydrogen (secondary N) is 2. The fourth-order valence-corrected chi connectivity index (χ4v) is 5.47. The maximum atomic E-state index is 14.3. The molecule has 1 fully saturated rings. The molecule has 2 atom stereocenters. The molecule has 12 heteroatoms. The zero-order valence-corrected chi connectivity index (χ0v) is 23.1. The number of benzene rings is 3. The van der Waals surface area contributed by atoms with E-state index in [2.05, 4.69) is 10.6 Å². The Balaban J connectivity index is 1.50. The molecule has 3 aromatic rings. The van der Waals surface area contributed by atoms with Crippen molar-refractivity contribution in [2.24, 2.45) is 5.92 Å². The van der Waals surface area contributed by atoms with Crippen molar-refractivity contribution >= 4 is 87.0 Å². The minimum atomic E-state index is -1.39. The van der Waals surface area contributed by atoms with Gasteiger partial charge in [-0.3, -0.25) is 14.4 Å². The number of amides is 2. The molecule has 0 saturated heterocycles. The molecule has 1 aliphatic rings. The highest BCUT2D eigenvalue weighted by Crippen LogP contribution is 2.65. The number of hydrogen-bond donors (Lipinski definition) is 2. The van der Waals surface area contributed by atoms with Gasteiger partial charge >= 0.3 is 0 Å². The van der Waals surface area contributed by atoms with Crippen molar-refractivity contribution in [3.8, 4) is 0 Å². The maximum Gasteiger partial charge on any atom is 0.231 e. The molecule has 1 saturated carbocycles. The first-order valence-electron chi connectivity index (χ1n) is 11.0. The molecule has 198 valence electrons. The molecular weight excluding hydrogens is 604 g/mol. The SMILES string of the molecule is CC(=O)Nc1c(F)cc(CC(=O)c2cc(NC(=O)C3C(c4ccc(Cl)c(Cl)c4)C3(Cl)Cl)ccc2Cl)cc1F. The second-order valence-corrected chi connectivity index (χ2v) is 11.4. The third-order valence-electron chi connectivity index (χ3n) is 5.94. The fourth-order valence-electron chi connectivity index (χ4n) is 4.11. The number of alkyl halides is 2. The summed E-state index contributed by atoms with van der Waals surface area (Å²) in [6, 6.07) is 11.0. The van der Waals surface area contributed by atoms with Crippen LogP contribution >= 0.6 is 58.0 Å². The molecule has 0 aromatic heterocycles. The van der Waals surface area contributed by atoms with Gasteiger partial charge in [0, 0.05) is 30.5 Å². The highest BCUT2D eigenvalue weighted by Gasteiger charge is 2.67. The van der Waals surface area contributed by atoms with E-state index in [4.69, 9.17) is 58.0 Å². The van der Waals surface area contributed by atoms with Gasteiger partial charge in [0.2, 0.25) is 11.8 Å². The Bertz CT molecular complexity index is 1460. The van der Waals surface area contributed by atoms with E-state index in [1.807, 2.05) is 0 Å². The van der Waals surface area contributed by atoms with Crippen LogP contribution in [-0.2, 0) is 16.0 Å². The number of ketones is 1. The number of anilines is 2. The third kappa shape index (κ3) is 5.92. The molecule has 4 rings (SSSR count). The van der Waals surface area contributed by atoms with Crippen LogP contribution in [0.1, 0.15) is 34.3 Å². The van der Waals surface area contributed by atoms with Gasteiger partial charge in [0.25, 0.3) is 0 Å². The van der Waals surface area contributed by atoms with Gasteiger partial charge in [-0.05, 0) is 53.6 Å². The lowest BCUT2D eigenvalue weighted by Gasteiger charge is -2.11. The van der Waals surface area contributed by atoms with Crippen molar-refractivity contribution in [2.45, 2.75) is 23.6 Å². The van der Waals surface area contributed by atoms with Crippen molar-refractivity contribution < 1.29 is 23.2 Å². The minimum absolute atomic E-state index is 0.0241. The highest BCUT2D eigenvalue weighted by atomic mass is 35.5. The Kier molecular flexibility index (Phi) is 8.26. The number of carbonyl (C=O) groups excluding carboxylic acids is 3. The monoisotopic (exact) mass is 618 g/mol. The number of Topliss-reactive ketones (excluding diaryl/α,β-unsaturated/α-hetero) is 1. The Morgan fingerprint density at radius 2 is 1.50 bits per heavy atom. The summed E-state index contributed by atoms with van der Waals surface area (Å²) in [7, 11) is 0. The molecule has 0 heterocycles. The third-order valence-corrected chi connectivity index (χ3v) is 7.95. The van der Waals surface area contributed by atoms with Crippen LogP contribution in [0.15, 0.2) is 48.5 Å². The van der Waals surface area contributed by atoms with Crippen molar-refractivity contribution in [2.75, 3.05) is 10.6 Å². The second kappa shape index (κ2) is 11.0. The standard InChI is InChI=1S/C26H17Cl5F2N2O3/c1-11(36)34-24-19(32)6-12(7-20(24)33)8-21(37)15-10-14(3-5-16(15)27)35-25(38)23-22(26(23,30)31)13-2-4-17(28)18(29)9-13/h2-7,9-10,22-23H,8H2,1H3,(H,34,36)(H,35,38). The van der Waals surface area contributed by atoms with Gasteiger partial charge in [-0.1, -0.05) is 40.9 Å². The summed E-state index contributed by atoms with van der Waals surface area (Å²) in [6.45, 7) is 1.11. The zero-order valence-electron chi connectivity index (χ0n) is 19.4. The molecular formula is C26H17Cl5F2N2O3. The lowest BCUT2D eigenvalue weighted by Crippen LogP contribution is -2.17. The van der Waals surface area contributed by atoms with Gasteiger partial charge in [0.05, 0.1) is 21.0 Å². The van der Waals surface area contributed by atoms with Gasteiger partial charge in [0.15, 0.2) is 5.78 Å². The van der Waals surface area contributed by atoms with Gasteiger partial charge in [-0.15, -0.1) is 23.2 Å². The van der Waals surface area contributed by atoms with Crippen LogP contribution in [-0.4, -0.2) is 21.9 Å². The lowest BCUT2D eigenvalue weighted by atomic mass is 10.0. The van der Waals surface area contributed by atoms with E-state index in [0.29, 0.717) is 15.6 Å². The predicted molar refractivity (Wildman–Crippen MR) is 146 cm³/mol. The Labute approximate surface area is 241 Å². The number of carbonyl (C=O) groups is 3. The van der Waals surface area contributed by atoms with Crippen LogP contribution in [0.25, 0.3) is 0 Å². The normalized spacial score (nSPS) is 17.6. The first-order valence-corrected chi connectivity index (χ1v) is 12.9. The number of hydrogen-bond acceptors (Lipinski definition) is 3. The molecule has 2 amide bonds. The average molecular weight is 621 g/mol. The molecule has 5 nitrogen and oxygen atoms in total. The summed E-state index contributed by atoms with van der Waals surface area (Å²) in [4.78, 5) is 37.1. The molecule has 0 bridgehead atoms. The van der Waals surface area contributed by atoms with Crippen molar-refractivity contribution in [3.05, 3.63) is 91.9 Å². The molecule has 0 spiro atoms. The van der Waals surface area contributed by atoms with Gasteiger partial charge in [-0.25, -0.2) is 8.78 Å². The summed E-state index contributed by atoms with van der Waals surface area (Å²) in [6.07, 6.45) is -0.389. The summed E-state index contributed by atoms with van der Waals surface area (Å²) in [5.74, 6) is -5.10. The van der Waals surface area contributed by atoms with E-state index in [1.165, 1.54) is 18.2 Å². The smallest absolute Gasteiger partial charge is 0.231 e. The Morgan fingerprint density at radius 1 is 0.868 bits per heavy atom. The minimum Gasteiger partial charge on any atom is -0.326 e. The molecule has 0 radical (unpaired) electrons. The Hall–Kier alpha value is -2.42. The van der Waals surface area contributed by atoms with E-state index in [1.54, 1.807) is 18.2 Å². The molecule has 1 aliphatic carbocycles. The Morgan fingerprint density at radius 3 is 2.11 bits per heavy atom. The number of halogens is 7. The van der Waals surface area contributed by atoms with Crippen LogP contribution in [0.3, 0.4) is 0 Å². The van der Waals surface area contributed by atoms with Crippen LogP contribution in [0.4, 0.5) is 20.2 Å².